The molecule has 1 fully saturated rings. The van der Waals surface area contributed by atoms with Gasteiger partial charge in [-0.05, 0) is 25.0 Å². The lowest BCUT2D eigenvalue weighted by Gasteiger charge is -2.30. The van der Waals surface area contributed by atoms with Gasteiger partial charge in [-0.2, -0.15) is 4.98 Å². The van der Waals surface area contributed by atoms with E-state index in [1.807, 2.05) is 25.2 Å². The van der Waals surface area contributed by atoms with Gasteiger partial charge in [-0.15, -0.1) is 0 Å². The number of aliphatic hydroxyl groups excluding tert-OH is 1. The molecule has 0 unspecified atom stereocenters. The third-order valence-electron chi connectivity index (χ3n) is 4.19. The number of para-hydroxylation sites is 1. The van der Waals surface area contributed by atoms with E-state index in [1.165, 1.54) is 25.7 Å². The van der Waals surface area contributed by atoms with Crippen LogP contribution in [-0.4, -0.2) is 41.3 Å². The highest BCUT2D eigenvalue weighted by atomic mass is 16.3. The number of nitrogens with zero attached hydrogens (tertiary/aromatic N) is 3. The highest BCUT2D eigenvalue weighted by Gasteiger charge is 2.25. The summed E-state index contributed by atoms with van der Waals surface area (Å²) in [6.45, 7) is 0.762. The van der Waals surface area contributed by atoms with E-state index in [1.54, 1.807) is 0 Å². The van der Waals surface area contributed by atoms with Crippen LogP contribution in [0.5, 0.6) is 0 Å². The molecule has 1 aromatic heterocycles. The molecule has 5 nitrogen and oxygen atoms in total. The molecule has 0 atom stereocenters. The van der Waals surface area contributed by atoms with Gasteiger partial charge in [-0.1, -0.05) is 25.0 Å². The van der Waals surface area contributed by atoms with E-state index in [9.17, 15) is 5.11 Å². The molecule has 0 aliphatic heterocycles. The summed E-state index contributed by atoms with van der Waals surface area (Å²) < 4.78 is 0. The minimum Gasteiger partial charge on any atom is -0.395 e. The van der Waals surface area contributed by atoms with Crippen LogP contribution in [-0.2, 0) is 0 Å². The van der Waals surface area contributed by atoms with Gasteiger partial charge >= 0.3 is 0 Å². The first-order valence-corrected chi connectivity index (χ1v) is 7.65. The maximum atomic E-state index is 9.46. The maximum absolute atomic E-state index is 9.46. The standard InChI is InChI=1S/C16H22N4O/c1-17-16-18-14-9-5-4-8-13(14)15(19-16)20(10-11-21)12-6-2-3-7-12/h4-5,8-9,12,21H,2-3,6-7,10-11H2,1H3,(H,17,18,19). The van der Waals surface area contributed by atoms with Crippen molar-refractivity contribution in [2.45, 2.75) is 31.7 Å². The van der Waals surface area contributed by atoms with Gasteiger partial charge in [0.25, 0.3) is 0 Å². The van der Waals surface area contributed by atoms with Crippen molar-refractivity contribution in [2.24, 2.45) is 0 Å². The second-order valence-corrected chi connectivity index (χ2v) is 5.49. The van der Waals surface area contributed by atoms with Crippen molar-refractivity contribution in [2.75, 3.05) is 30.4 Å². The normalized spacial score (nSPS) is 15.5. The summed E-state index contributed by atoms with van der Waals surface area (Å²) in [5, 5.41) is 13.5. The van der Waals surface area contributed by atoms with Gasteiger partial charge in [-0.25, -0.2) is 4.98 Å². The molecule has 1 aliphatic rings. The van der Waals surface area contributed by atoms with Crippen molar-refractivity contribution in [1.29, 1.82) is 0 Å². The molecule has 21 heavy (non-hydrogen) atoms. The van der Waals surface area contributed by atoms with Crippen molar-refractivity contribution in [3.8, 4) is 0 Å². The summed E-state index contributed by atoms with van der Waals surface area (Å²) in [7, 11) is 1.83. The summed E-state index contributed by atoms with van der Waals surface area (Å²) in [5.74, 6) is 1.57. The monoisotopic (exact) mass is 286 g/mol. The lowest BCUT2D eigenvalue weighted by Crippen LogP contribution is -2.36. The zero-order valence-electron chi connectivity index (χ0n) is 12.4. The van der Waals surface area contributed by atoms with Crippen LogP contribution in [0.15, 0.2) is 24.3 Å². The fraction of sp³-hybridized carbons (Fsp3) is 0.500. The lowest BCUT2D eigenvalue weighted by atomic mass is 10.1. The van der Waals surface area contributed by atoms with E-state index in [0.29, 0.717) is 18.5 Å². The van der Waals surface area contributed by atoms with Crippen LogP contribution >= 0.6 is 0 Å². The Morgan fingerprint density at radius 2 is 2.00 bits per heavy atom. The molecule has 112 valence electrons. The van der Waals surface area contributed by atoms with E-state index in [0.717, 1.165) is 16.7 Å². The Labute approximate surface area is 125 Å². The first-order chi connectivity index (χ1) is 10.3. The van der Waals surface area contributed by atoms with Gasteiger partial charge in [0.05, 0.1) is 12.1 Å². The lowest BCUT2D eigenvalue weighted by molar-refractivity contribution is 0.297. The van der Waals surface area contributed by atoms with E-state index >= 15 is 0 Å². The second kappa shape index (κ2) is 6.26. The predicted molar refractivity (Wildman–Crippen MR) is 85.8 cm³/mol. The van der Waals surface area contributed by atoms with Crippen molar-refractivity contribution in [1.82, 2.24) is 9.97 Å². The van der Waals surface area contributed by atoms with Crippen LogP contribution in [0.4, 0.5) is 11.8 Å². The average molecular weight is 286 g/mol. The van der Waals surface area contributed by atoms with Gasteiger partial charge < -0.3 is 15.3 Å². The fourth-order valence-corrected chi connectivity index (χ4v) is 3.18. The van der Waals surface area contributed by atoms with Crippen molar-refractivity contribution in [3.05, 3.63) is 24.3 Å². The first-order valence-electron chi connectivity index (χ1n) is 7.65. The minimum atomic E-state index is 0.143. The molecule has 0 radical (unpaired) electrons. The second-order valence-electron chi connectivity index (χ2n) is 5.49. The van der Waals surface area contributed by atoms with E-state index < -0.39 is 0 Å². The topological polar surface area (TPSA) is 61.3 Å². The predicted octanol–water partition coefficient (Wildman–Crippen LogP) is 2.41. The SMILES string of the molecule is CNc1nc(N(CCO)C2CCCC2)c2ccccc2n1. The Kier molecular flexibility index (Phi) is 4.20. The number of fused-ring (bicyclic) bond motifs is 1. The summed E-state index contributed by atoms with van der Waals surface area (Å²) in [4.78, 5) is 11.4. The van der Waals surface area contributed by atoms with Gasteiger partial charge in [0, 0.05) is 25.0 Å². The summed E-state index contributed by atoms with van der Waals surface area (Å²) in [6, 6.07) is 8.54. The molecule has 0 amide bonds. The minimum absolute atomic E-state index is 0.143. The Morgan fingerprint density at radius 1 is 1.24 bits per heavy atom. The first kappa shape index (κ1) is 14.1. The van der Waals surface area contributed by atoms with E-state index in [2.05, 4.69) is 26.3 Å². The number of aromatic nitrogens is 2. The third kappa shape index (κ3) is 2.78. The zero-order valence-corrected chi connectivity index (χ0v) is 12.4. The van der Waals surface area contributed by atoms with Crippen LogP contribution in [0.25, 0.3) is 10.9 Å². The average Bonchev–Trinajstić information content (AvgIpc) is 3.05. The Balaban J connectivity index is 2.10. The van der Waals surface area contributed by atoms with Gasteiger partial charge in [0.1, 0.15) is 5.82 Å². The Morgan fingerprint density at radius 3 is 2.71 bits per heavy atom. The molecule has 5 heteroatoms. The van der Waals surface area contributed by atoms with Crippen molar-refractivity contribution >= 4 is 22.7 Å². The van der Waals surface area contributed by atoms with Gasteiger partial charge in [0.2, 0.25) is 5.95 Å². The van der Waals surface area contributed by atoms with Crippen molar-refractivity contribution < 1.29 is 5.11 Å². The molecule has 1 aromatic carbocycles. The maximum Gasteiger partial charge on any atom is 0.224 e. The fourth-order valence-electron chi connectivity index (χ4n) is 3.18. The number of nitrogens with one attached hydrogen (secondary N) is 1. The van der Waals surface area contributed by atoms with Crippen LogP contribution in [0.2, 0.25) is 0 Å². The Bertz CT molecular complexity index is 610. The summed E-state index contributed by atoms with van der Waals surface area (Å²) in [5.41, 5.74) is 0.938. The number of aliphatic hydroxyl groups is 1. The Hall–Kier alpha value is -1.88. The van der Waals surface area contributed by atoms with Crippen LogP contribution in [0.3, 0.4) is 0 Å². The smallest absolute Gasteiger partial charge is 0.224 e. The number of rotatable bonds is 5. The molecular formula is C16H22N4O. The van der Waals surface area contributed by atoms with Crippen molar-refractivity contribution in [3.63, 3.8) is 0 Å². The van der Waals surface area contributed by atoms with Crippen LogP contribution < -0.4 is 10.2 Å². The summed E-state index contributed by atoms with van der Waals surface area (Å²) >= 11 is 0. The zero-order chi connectivity index (χ0) is 14.7. The van der Waals surface area contributed by atoms with E-state index in [-0.39, 0.29) is 6.61 Å². The number of hydrogen-bond donors (Lipinski definition) is 2. The van der Waals surface area contributed by atoms with E-state index in [4.69, 9.17) is 0 Å². The molecule has 3 rings (SSSR count). The molecule has 0 spiro atoms. The molecule has 1 heterocycles. The number of hydrogen-bond acceptors (Lipinski definition) is 5. The van der Waals surface area contributed by atoms with Crippen LogP contribution in [0, 0.1) is 0 Å². The molecule has 0 saturated heterocycles. The number of anilines is 2. The number of benzene rings is 1. The molecule has 2 N–H and O–H groups in total. The summed E-state index contributed by atoms with van der Waals surface area (Å²) in [6.07, 6.45) is 4.86. The quantitative estimate of drug-likeness (QED) is 0.884. The van der Waals surface area contributed by atoms with Gasteiger partial charge in [0.15, 0.2) is 0 Å². The molecule has 1 saturated carbocycles. The highest BCUT2D eigenvalue weighted by molar-refractivity contribution is 5.90. The molecular weight excluding hydrogens is 264 g/mol. The third-order valence-corrected chi connectivity index (χ3v) is 4.19. The molecule has 2 aromatic rings. The molecule has 1 aliphatic carbocycles. The largest absolute Gasteiger partial charge is 0.395 e. The van der Waals surface area contributed by atoms with Gasteiger partial charge in [-0.3, -0.25) is 0 Å². The van der Waals surface area contributed by atoms with Crippen LogP contribution in [0.1, 0.15) is 25.7 Å². The molecule has 0 bridgehead atoms. The highest BCUT2D eigenvalue weighted by Crippen LogP contribution is 2.31.